The lowest BCUT2D eigenvalue weighted by atomic mass is 10.0. The molecule has 1 aromatic carbocycles. The molecule has 0 aliphatic carbocycles. The smallest absolute Gasteiger partial charge is 0.177 e. The first-order chi connectivity index (χ1) is 7.29. The molecule has 1 aliphatic heterocycles. The quantitative estimate of drug-likeness (QED) is 0.732. The molecule has 15 heavy (non-hydrogen) atoms. The van der Waals surface area contributed by atoms with Crippen molar-refractivity contribution < 1.29 is 4.79 Å². The predicted molar refractivity (Wildman–Crippen MR) is 65.9 cm³/mol. The Morgan fingerprint density at radius 1 is 1.33 bits per heavy atom. The van der Waals surface area contributed by atoms with Gasteiger partial charge < -0.3 is 0 Å². The minimum atomic E-state index is 0.124. The summed E-state index contributed by atoms with van der Waals surface area (Å²) in [6.45, 7) is 0. The fourth-order valence-electron chi connectivity index (χ4n) is 1.78. The zero-order valence-corrected chi connectivity index (χ0v) is 9.98. The van der Waals surface area contributed by atoms with Crippen LogP contribution in [0.3, 0.4) is 0 Å². The molecule has 0 saturated carbocycles. The summed E-state index contributed by atoms with van der Waals surface area (Å²) in [5, 5.41) is 0.701. The Labute approximate surface area is 99.2 Å². The second kappa shape index (κ2) is 5.04. The van der Waals surface area contributed by atoms with Gasteiger partial charge in [-0.2, -0.15) is 11.8 Å². The van der Waals surface area contributed by atoms with Crippen molar-refractivity contribution in [1.29, 1.82) is 0 Å². The largest absolute Gasteiger partial charge is 0.293 e. The van der Waals surface area contributed by atoms with Crippen molar-refractivity contribution >= 4 is 29.1 Å². The maximum atomic E-state index is 12.1. The third-order valence-corrected chi connectivity index (χ3v) is 4.32. The topological polar surface area (TPSA) is 17.1 Å². The number of benzene rings is 1. The Morgan fingerprint density at radius 3 is 2.80 bits per heavy atom. The number of thioether (sulfide) groups is 1. The first-order valence-corrected chi connectivity index (χ1v) is 6.62. The molecule has 0 spiro atoms. The number of hydrogen-bond acceptors (Lipinski definition) is 2. The molecular weight excluding hydrogens is 228 g/mol. The molecule has 1 aromatic rings. The number of carbonyl (C=O) groups is 1. The highest BCUT2D eigenvalue weighted by molar-refractivity contribution is 8.00. The molecule has 80 valence electrons. The molecule has 0 bridgehead atoms. The van der Waals surface area contributed by atoms with Crippen LogP contribution < -0.4 is 0 Å². The van der Waals surface area contributed by atoms with E-state index in [1.807, 2.05) is 18.2 Å². The van der Waals surface area contributed by atoms with E-state index in [0.717, 1.165) is 18.6 Å². The van der Waals surface area contributed by atoms with Gasteiger partial charge >= 0.3 is 0 Å². The molecule has 1 nitrogen and oxygen atoms in total. The van der Waals surface area contributed by atoms with Crippen LogP contribution in [0.25, 0.3) is 0 Å². The van der Waals surface area contributed by atoms with E-state index in [1.54, 1.807) is 17.8 Å². The van der Waals surface area contributed by atoms with Gasteiger partial charge in [0.1, 0.15) is 0 Å². The van der Waals surface area contributed by atoms with Gasteiger partial charge in [0.15, 0.2) is 5.78 Å². The number of halogens is 1. The van der Waals surface area contributed by atoms with Gasteiger partial charge in [-0.05, 0) is 30.7 Å². The van der Waals surface area contributed by atoms with Gasteiger partial charge in [0.25, 0.3) is 0 Å². The lowest BCUT2D eigenvalue weighted by Crippen LogP contribution is -2.21. The minimum absolute atomic E-state index is 0.124. The normalized spacial score (nSPS) is 21.3. The highest BCUT2D eigenvalue weighted by Crippen LogP contribution is 2.29. The highest BCUT2D eigenvalue weighted by atomic mass is 35.5. The van der Waals surface area contributed by atoms with Crippen LogP contribution in [-0.4, -0.2) is 16.8 Å². The van der Waals surface area contributed by atoms with Gasteiger partial charge in [-0.3, -0.25) is 4.79 Å². The number of rotatable bonds is 2. The first-order valence-electron chi connectivity index (χ1n) is 5.19. The van der Waals surface area contributed by atoms with Crippen LogP contribution in [0.5, 0.6) is 0 Å². The average molecular weight is 241 g/mol. The first kappa shape index (κ1) is 11.0. The van der Waals surface area contributed by atoms with Gasteiger partial charge in [0, 0.05) is 5.56 Å². The molecule has 1 heterocycles. The van der Waals surface area contributed by atoms with Gasteiger partial charge in [0.05, 0.1) is 10.3 Å². The maximum Gasteiger partial charge on any atom is 0.177 e. The molecule has 3 heteroatoms. The van der Waals surface area contributed by atoms with Crippen molar-refractivity contribution in [2.45, 2.75) is 24.5 Å². The van der Waals surface area contributed by atoms with E-state index in [0.29, 0.717) is 10.6 Å². The molecular formula is C12H13ClOS. The summed E-state index contributed by atoms with van der Waals surface area (Å²) >= 11 is 7.77. The second-order valence-electron chi connectivity index (χ2n) is 3.70. The summed E-state index contributed by atoms with van der Waals surface area (Å²) in [4.78, 5) is 12.1. The summed E-state index contributed by atoms with van der Waals surface area (Å²) < 4.78 is 0. The van der Waals surface area contributed by atoms with Crippen molar-refractivity contribution in [1.82, 2.24) is 0 Å². The molecule has 1 fully saturated rings. The number of ketones is 1. The van der Waals surface area contributed by atoms with Crippen molar-refractivity contribution in [3.05, 3.63) is 34.9 Å². The van der Waals surface area contributed by atoms with E-state index in [4.69, 9.17) is 11.6 Å². The highest BCUT2D eigenvalue weighted by Gasteiger charge is 2.24. The van der Waals surface area contributed by atoms with Crippen molar-refractivity contribution in [3.63, 3.8) is 0 Å². The van der Waals surface area contributed by atoms with E-state index < -0.39 is 0 Å². The fraction of sp³-hybridized carbons (Fsp3) is 0.417. The maximum absolute atomic E-state index is 12.1. The number of Topliss-reactive ketones (excluding diaryl/α,β-unsaturated/α-hetero) is 1. The fourth-order valence-corrected chi connectivity index (χ4v) is 3.28. The molecule has 0 N–H and O–H groups in total. The minimum Gasteiger partial charge on any atom is -0.293 e. The van der Waals surface area contributed by atoms with Crippen molar-refractivity contribution in [3.8, 4) is 0 Å². The Balaban J connectivity index is 2.16. The summed E-state index contributed by atoms with van der Waals surface area (Å²) in [6, 6.07) is 7.32. The van der Waals surface area contributed by atoms with Gasteiger partial charge in [-0.1, -0.05) is 30.2 Å². The van der Waals surface area contributed by atoms with Gasteiger partial charge in [0.2, 0.25) is 0 Å². The summed E-state index contributed by atoms with van der Waals surface area (Å²) in [5.41, 5.74) is 0.679. The van der Waals surface area contributed by atoms with Crippen LogP contribution in [0.2, 0.25) is 5.02 Å². The molecule has 2 rings (SSSR count). The Bertz CT molecular complexity index is 358. The Kier molecular flexibility index (Phi) is 3.71. The molecule has 1 unspecified atom stereocenters. The van der Waals surface area contributed by atoms with Gasteiger partial charge in [-0.15, -0.1) is 0 Å². The zero-order chi connectivity index (χ0) is 10.7. The number of hydrogen-bond donors (Lipinski definition) is 0. The Hall–Kier alpha value is -0.470. The molecule has 1 atom stereocenters. The lowest BCUT2D eigenvalue weighted by Gasteiger charge is -2.20. The lowest BCUT2D eigenvalue weighted by molar-refractivity contribution is 0.0985. The predicted octanol–water partition coefficient (Wildman–Crippen LogP) is 3.81. The van der Waals surface area contributed by atoms with E-state index >= 15 is 0 Å². The standard InChI is InChI=1S/C12H13ClOS/c13-10-6-2-1-5-9(10)12(14)11-7-3-4-8-15-11/h1-2,5-6,11H,3-4,7-8H2. The number of carbonyl (C=O) groups excluding carboxylic acids is 1. The van der Waals surface area contributed by atoms with Gasteiger partial charge in [-0.25, -0.2) is 0 Å². The summed E-state index contributed by atoms with van der Waals surface area (Å²) in [5.74, 6) is 1.30. The molecule has 0 aromatic heterocycles. The van der Waals surface area contributed by atoms with Crippen LogP contribution in [-0.2, 0) is 0 Å². The SMILES string of the molecule is O=C(c1ccccc1Cl)C1CCCCS1. The summed E-state index contributed by atoms with van der Waals surface area (Å²) in [7, 11) is 0. The second-order valence-corrected chi connectivity index (χ2v) is 5.42. The van der Waals surface area contributed by atoms with E-state index in [2.05, 4.69) is 0 Å². The van der Waals surface area contributed by atoms with E-state index in [1.165, 1.54) is 6.42 Å². The van der Waals surface area contributed by atoms with Crippen LogP contribution in [0.4, 0.5) is 0 Å². The van der Waals surface area contributed by atoms with Crippen molar-refractivity contribution in [2.75, 3.05) is 5.75 Å². The summed E-state index contributed by atoms with van der Waals surface area (Å²) in [6.07, 6.45) is 3.39. The van der Waals surface area contributed by atoms with Crippen molar-refractivity contribution in [2.24, 2.45) is 0 Å². The molecule has 0 radical (unpaired) electrons. The average Bonchev–Trinajstić information content (AvgIpc) is 2.30. The third-order valence-electron chi connectivity index (χ3n) is 2.61. The molecule has 0 amide bonds. The Morgan fingerprint density at radius 2 is 2.13 bits per heavy atom. The van der Waals surface area contributed by atoms with E-state index in [9.17, 15) is 4.79 Å². The van der Waals surface area contributed by atoms with Crippen LogP contribution in [0.1, 0.15) is 29.6 Å². The third kappa shape index (κ3) is 2.56. The van der Waals surface area contributed by atoms with Crippen LogP contribution in [0.15, 0.2) is 24.3 Å². The van der Waals surface area contributed by atoms with Crippen LogP contribution in [0, 0.1) is 0 Å². The van der Waals surface area contributed by atoms with Crippen LogP contribution >= 0.6 is 23.4 Å². The zero-order valence-electron chi connectivity index (χ0n) is 8.41. The van der Waals surface area contributed by atoms with E-state index in [-0.39, 0.29) is 11.0 Å². The molecule has 1 saturated heterocycles. The molecule has 1 aliphatic rings. The monoisotopic (exact) mass is 240 g/mol.